The Kier molecular flexibility index (Phi) is 24.1. The van der Waals surface area contributed by atoms with Gasteiger partial charge in [0.25, 0.3) is 0 Å². The number of rotatable bonds is 8. The molecule has 106 valence electrons. The van der Waals surface area contributed by atoms with Crippen molar-refractivity contribution in [3.05, 3.63) is 12.3 Å². The van der Waals surface area contributed by atoms with E-state index in [9.17, 15) is 0 Å². The number of hydrogen-bond donors (Lipinski definition) is 2. The monoisotopic (exact) mass is 294 g/mol. The Morgan fingerprint density at radius 2 is 1.83 bits per heavy atom. The van der Waals surface area contributed by atoms with Gasteiger partial charge >= 0.3 is 5.97 Å². The van der Waals surface area contributed by atoms with Crippen LogP contribution in [0.4, 0.5) is 0 Å². The van der Waals surface area contributed by atoms with Crippen molar-refractivity contribution in [1.29, 1.82) is 0 Å². The smallest absolute Gasteiger partial charge is 0.329 e. The second-order valence-electron chi connectivity index (χ2n) is 3.96. The first-order chi connectivity index (χ1) is 8.04. The Balaban J connectivity index is -0.000000321. The third-order valence-electron chi connectivity index (χ3n) is 1.81. The molecule has 2 N–H and O–H groups in total. The molecule has 0 bridgehead atoms. The first-order valence-electron chi connectivity index (χ1n) is 6.17. The fourth-order valence-electron chi connectivity index (χ4n) is 0.970. The van der Waals surface area contributed by atoms with Gasteiger partial charge in [0.2, 0.25) is 0 Å². The standard InChI is InChI=1S/C11H22O.C2H4O3.Ti/c1-4-5-6-7-8-9-10-12-11(2)3;3-1-2(4)5;/h9-11H,4-8H2,1-3H3;3H,1H2,(H,4,5);. The maximum absolute atomic E-state index is 9.12. The summed E-state index contributed by atoms with van der Waals surface area (Å²) in [4.78, 5) is 9.12. The van der Waals surface area contributed by atoms with Crippen LogP contribution in [-0.2, 0) is 31.2 Å². The number of unbranched alkanes of at least 4 members (excludes halogenated alkanes) is 4. The molecule has 0 aromatic carbocycles. The number of ether oxygens (including phenoxy) is 1. The van der Waals surface area contributed by atoms with Gasteiger partial charge < -0.3 is 14.9 Å². The molecule has 0 aromatic heterocycles. The summed E-state index contributed by atoms with van der Waals surface area (Å²) in [5.41, 5.74) is 0. The molecule has 5 heteroatoms. The van der Waals surface area contributed by atoms with Crippen LogP contribution in [0, 0.1) is 0 Å². The molecule has 18 heavy (non-hydrogen) atoms. The normalized spacial score (nSPS) is 9.61. The molecular formula is C13H26O4Ti. The van der Waals surface area contributed by atoms with Crippen molar-refractivity contribution in [2.24, 2.45) is 0 Å². The first kappa shape index (κ1) is 22.8. The molecule has 0 saturated heterocycles. The van der Waals surface area contributed by atoms with E-state index >= 15 is 0 Å². The molecule has 0 aliphatic carbocycles. The molecule has 4 nitrogen and oxygen atoms in total. The molecular weight excluding hydrogens is 268 g/mol. The molecule has 0 aliphatic rings. The van der Waals surface area contributed by atoms with Gasteiger partial charge in [0.1, 0.15) is 6.61 Å². The quantitative estimate of drug-likeness (QED) is 0.410. The van der Waals surface area contributed by atoms with E-state index in [1.807, 2.05) is 20.1 Å². The summed E-state index contributed by atoms with van der Waals surface area (Å²) >= 11 is 0. The number of aliphatic hydroxyl groups is 1. The molecule has 0 radical (unpaired) electrons. The Labute approximate surface area is 125 Å². The number of aliphatic hydroxyl groups excluding tert-OH is 1. The summed E-state index contributed by atoms with van der Waals surface area (Å²) in [6.45, 7) is 5.54. The van der Waals surface area contributed by atoms with Crippen LogP contribution in [-0.4, -0.2) is 28.9 Å². The van der Waals surface area contributed by atoms with Crippen molar-refractivity contribution in [2.45, 2.75) is 59.0 Å². The SMILES string of the molecule is CCCCCCC=COC(C)C.O=C(O)CO.[Ti]. The summed E-state index contributed by atoms with van der Waals surface area (Å²) in [7, 11) is 0. The molecule has 0 heterocycles. The number of carboxylic acid groups (broad SMARTS) is 1. The number of carboxylic acids is 1. The van der Waals surface area contributed by atoms with Crippen molar-refractivity contribution >= 4 is 5.97 Å². The van der Waals surface area contributed by atoms with Gasteiger partial charge in [0, 0.05) is 21.7 Å². The summed E-state index contributed by atoms with van der Waals surface area (Å²) in [5, 5.41) is 15.0. The van der Waals surface area contributed by atoms with E-state index < -0.39 is 12.6 Å². The van der Waals surface area contributed by atoms with E-state index in [1.165, 1.54) is 25.7 Å². The van der Waals surface area contributed by atoms with Crippen LogP contribution in [0.25, 0.3) is 0 Å². The van der Waals surface area contributed by atoms with E-state index in [2.05, 4.69) is 13.0 Å². The zero-order valence-corrected chi connectivity index (χ0v) is 13.2. The van der Waals surface area contributed by atoms with Crippen LogP contribution in [0.15, 0.2) is 12.3 Å². The zero-order chi connectivity index (χ0) is 13.5. The van der Waals surface area contributed by atoms with Crippen LogP contribution in [0.3, 0.4) is 0 Å². The first-order valence-corrected chi connectivity index (χ1v) is 6.17. The van der Waals surface area contributed by atoms with E-state index in [0.717, 1.165) is 6.42 Å². The van der Waals surface area contributed by atoms with Crippen molar-refractivity contribution in [1.82, 2.24) is 0 Å². The summed E-state index contributed by atoms with van der Waals surface area (Å²) in [5.74, 6) is -1.19. The van der Waals surface area contributed by atoms with Crippen molar-refractivity contribution in [3.8, 4) is 0 Å². The Bertz CT molecular complexity index is 193. The number of aliphatic carboxylic acids is 1. The van der Waals surface area contributed by atoms with Gasteiger partial charge in [-0.15, -0.1) is 0 Å². The minimum Gasteiger partial charge on any atom is -0.499 e. The van der Waals surface area contributed by atoms with Crippen LogP contribution >= 0.6 is 0 Å². The van der Waals surface area contributed by atoms with Crippen molar-refractivity contribution in [3.63, 3.8) is 0 Å². The number of carbonyl (C=O) groups is 1. The largest absolute Gasteiger partial charge is 0.499 e. The van der Waals surface area contributed by atoms with Crippen LogP contribution < -0.4 is 0 Å². The van der Waals surface area contributed by atoms with Crippen LogP contribution in [0.2, 0.25) is 0 Å². The molecule has 0 aliphatic heterocycles. The molecule has 0 unspecified atom stereocenters. The van der Waals surface area contributed by atoms with Crippen molar-refractivity contribution in [2.75, 3.05) is 6.61 Å². The van der Waals surface area contributed by atoms with E-state index in [4.69, 9.17) is 19.7 Å². The summed E-state index contributed by atoms with van der Waals surface area (Å²) in [6.07, 6.45) is 10.7. The molecule has 0 rings (SSSR count). The predicted octanol–water partition coefficient (Wildman–Crippen LogP) is 2.96. The Morgan fingerprint density at radius 3 is 2.22 bits per heavy atom. The molecule has 0 fully saturated rings. The molecule has 0 saturated carbocycles. The van der Waals surface area contributed by atoms with Crippen molar-refractivity contribution < 1.29 is 41.5 Å². The summed E-state index contributed by atoms with van der Waals surface area (Å²) in [6, 6.07) is 0. The molecule has 0 aromatic rings. The van der Waals surface area contributed by atoms with Gasteiger partial charge in [-0.05, 0) is 32.8 Å². The summed E-state index contributed by atoms with van der Waals surface area (Å²) < 4.78 is 5.27. The van der Waals surface area contributed by atoms with Gasteiger partial charge in [-0.25, -0.2) is 4.79 Å². The average molecular weight is 294 g/mol. The molecule has 0 amide bonds. The molecule has 0 spiro atoms. The van der Waals surface area contributed by atoms with E-state index in [1.54, 1.807) is 0 Å². The van der Waals surface area contributed by atoms with Gasteiger partial charge in [0.05, 0.1) is 12.4 Å². The van der Waals surface area contributed by atoms with E-state index in [-0.39, 0.29) is 21.7 Å². The van der Waals surface area contributed by atoms with Crippen LogP contribution in [0.5, 0.6) is 0 Å². The Hall–Kier alpha value is -0.316. The third-order valence-corrected chi connectivity index (χ3v) is 1.81. The number of hydrogen-bond acceptors (Lipinski definition) is 3. The number of allylic oxidation sites excluding steroid dienone is 1. The maximum Gasteiger partial charge on any atom is 0.329 e. The zero-order valence-electron chi connectivity index (χ0n) is 11.7. The van der Waals surface area contributed by atoms with Gasteiger partial charge in [0.15, 0.2) is 0 Å². The topological polar surface area (TPSA) is 66.8 Å². The second-order valence-corrected chi connectivity index (χ2v) is 3.96. The second kappa shape index (κ2) is 19.0. The maximum atomic E-state index is 9.12. The fourth-order valence-corrected chi connectivity index (χ4v) is 0.970. The minimum atomic E-state index is -1.19. The third kappa shape index (κ3) is 29.6. The van der Waals surface area contributed by atoms with Gasteiger partial charge in [-0.2, -0.15) is 0 Å². The van der Waals surface area contributed by atoms with Gasteiger partial charge in [-0.3, -0.25) is 0 Å². The Morgan fingerprint density at radius 1 is 1.28 bits per heavy atom. The predicted molar refractivity (Wildman–Crippen MR) is 68.8 cm³/mol. The minimum absolute atomic E-state index is 0. The van der Waals surface area contributed by atoms with Gasteiger partial charge in [-0.1, -0.05) is 26.2 Å². The van der Waals surface area contributed by atoms with E-state index in [0.29, 0.717) is 6.10 Å². The molecule has 0 atom stereocenters. The van der Waals surface area contributed by atoms with Crippen LogP contribution in [0.1, 0.15) is 52.9 Å². The average Bonchev–Trinajstić information content (AvgIpc) is 2.28. The fraction of sp³-hybridized carbons (Fsp3) is 0.769.